The van der Waals surface area contributed by atoms with E-state index in [0.717, 1.165) is 25.2 Å². The van der Waals surface area contributed by atoms with Gasteiger partial charge in [0.2, 0.25) is 0 Å². The van der Waals surface area contributed by atoms with Crippen LogP contribution < -0.4 is 5.73 Å². The molecule has 0 aliphatic heterocycles. The molecule has 0 amide bonds. The van der Waals surface area contributed by atoms with Crippen molar-refractivity contribution in [2.45, 2.75) is 45.4 Å². The molecule has 0 bridgehead atoms. The Bertz CT molecular complexity index is 578. The third-order valence-electron chi connectivity index (χ3n) is 4.36. The minimum Gasteiger partial charge on any atom is -0.371 e. The molecule has 2 unspecified atom stereocenters. The molecule has 1 fully saturated rings. The van der Waals surface area contributed by atoms with Crippen LogP contribution in [0.4, 0.5) is 0 Å². The highest BCUT2D eigenvalue weighted by Gasteiger charge is 2.27. The van der Waals surface area contributed by atoms with Crippen LogP contribution in [0.3, 0.4) is 0 Å². The maximum atomic E-state index is 6.10. The van der Waals surface area contributed by atoms with Gasteiger partial charge in [0.15, 0.2) is 0 Å². The Morgan fingerprint density at radius 1 is 1.35 bits per heavy atom. The van der Waals surface area contributed by atoms with Crippen molar-refractivity contribution < 1.29 is 4.74 Å². The summed E-state index contributed by atoms with van der Waals surface area (Å²) in [5, 5.41) is 5.89. The summed E-state index contributed by atoms with van der Waals surface area (Å²) in [5.74, 6) is 0.523. The third-order valence-corrected chi connectivity index (χ3v) is 4.36. The van der Waals surface area contributed by atoms with Crippen molar-refractivity contribution in [3.05, 3.63) is 30.0 Å². The van der Waals surface area contributed by atoms with E-state index in [1.165, 1.54) is 23.7 Å². The van der Waals surface area contributed by atoms with E-state index in [1.54, 1.807) is 0 Å². The van der Waals surface area contributed by atoms with E-state index >= 15 is 0 Å². The first-order valence-electron chi connectivity index (χ1n) is 7.59. The molecule has 1 heterocycles. The largest absolute Gasteiger partial charge is 0.371 e. The summed E-state index contributed by atoms with van der Waals surface area (Å²) in [7, 11) is 0. The highest BCUT2D eigenvalue weighted by atomic mass is 16.5. The Hall–Kier alpha value is -1.39. The van der Waals surface area contributed by atoms with Gasteiger partial charge in [0.25, 0.3) is 0 Å². The zero-order chi connectivity index (χ0) is 13.9. The molecule has 2 N–H and O–H groups in total. The first kappa shape index (κ1) is 13.6. The number of hydrogen-bond donors (Lipinski definition) is 1. The van der Waals surface area contributed by atoms with Crippen LogP contribution in [0.5, 0.6) is 0 Å². The van der Waals surface area contributed by atoms with Gasteiger partial charge in [-0.25, -0.2) is 0 Å². The molecule has 0 saturated heterocycles. The lowest BCUT2D eigenvalue weighted by Crippen LogP contribution is -2.25. The first-order valence-corrected chi connectivity index (χ1v) is 7.59. The van der Waals surface area contributed by atoms with E-state index in [0.29, 0.717) is 18.6 Å². The third kappa shape index (κ3) is 2.45. The topological polar surface area (TPSA) is 53.1 Å². The normalized spacial score (nSPS) is 22.7. The predicted molar refractivity (Wildman–Crippen MR) is 80.4 cm³/mol. The monoisotopic (exact) mass is 273 g/mol. The van der Waals surface area contributed by atoms with E-state index in [2.05, 4.69) is 36.3 Å². The molecular weight excluding hydrogens is 250 g/mol. The molecule has 0 spiro atoms. The molecule has 1 aliphatic rings. The molecule has 4 nitrogen and oxygen atoms in total. The van der Waals surface area contributed by atoms with Crippen LogP contribution in [0.2, 0.25) is 0 Å². The fraction of sp³-hybridized carbons (Fsp3) is 0.562. The molecule has 1 aromatic carbocycles. The van der Waals surface area contributed by atoms with Gasteiger partial charge in [-0.05, 0) is 38.3 Å². The van der Waals surface area contributed by atoms with E-state index in [9.17, 15) is 0 Å². The van der Waals surface area contributed by atoms with E-state index in [1.807, 2.05) is 4.68 Å². The number of rotatable bonds is 5. The summed E-state index contributed by atoms with van der Waals surface area (Å²) in [6, 6.07) is 8.36. The lowest BCUT2D eigenvalue weighted by atomic mass is 10.1. The second-order valence-electron chi connectivity index (χ2n) is 5.56. The van der Waals surface area contributed by atoms with E-state index < -0.39 is 0 Å². The van der Waals surface area contributed by atoms with Crippen LogP contribution in [0.25, 0.3) is 10.9 Å². The SMILES string of the molecule is CCn1nc(COC2CCCC2CN)c2ccccc21. The zero-order valence-electron chi connectivity index (χ0n) is 12.1. The van der Waals surface area contributed by atoms with Crippen molar-refractivity contribution >= 4 is 10.9 Å². The van der Waals surface area contributed by atoms with Crippen LogP contribution >= 0.6 is 0 Å². The Kier molecular flexibility index (Phi) is 4.03. The van der Waals surface area contributed by atoms with E-state index in [4.69, 9.17) is 10.5 Å². The molecule has 1 saturated carbocycles. The van der Waals surface area contributed by atoms with Crippen molar-refractivity contribution in [3.63, 3.8) is 0 Å². The van der Waals surface area contributed by atoms with Crippen LogP contribution in [-0.2, 0) is 17.9 Å². The minimum absolute atomic E-state index is 0.311. The summed E-state index contributed by atoms with van der Waals surface area (Å²) >= 11 is 0. The molecule has 0 radical (unpaired) electrons. The van der Waals surface area contributed by atoms with Gasteiger partial charge in [0, 0.05) is 11.9 Å². The summed E-state index contributed by atoms with van der Waals surface area (Å²) < 4.78 is 8.15. The van der Waals surface area contributed by atoms with Crippen LogP contribution in [-0.4, -0.2) is 22.4 Å². The predicted octanol–water partition coefficient (Wildman–Crippen LogP) is 2.70. The molecule has 2 atom stereocenters. The standard InChI is InChI=1S/C16H23N3O/c1-2-19-15-8-4-3-7-13(15)14(18-19)11-20-16-9-5-6-12(16)10-17/h3-4,7-8,12,16H,2,5-6,9-11,17H2,1H3. The summed E-state index contributed by atoms with van der Waals surface area (Å²) in [4.78, 5) is 0. The summed E-state index contributed by atoms with van der Waals surface area (Å²) in [6.07, 6.45) is 3.88. The van der Waals surface area contributed by atoms with Gasteiger partial charge in [-0.15, -0.1) is 0 Å². The molecule has 108 valence electrons. The van der Waals surface area contributed by atoms with Crippen molar-refractivity contribution in [1.82, 2.24) is 9.78 Å². The number of ether oxygens (including phenoxy) is 1. The number of para-hydroxylation sites is 1. The quantitative estimate of drug-likeness (QED) is 0.911. The van der Waals surface area contributed by atoms with Gasteiger partial charge < -0.3 is 10.5 Å². The van der Waals surface area contributed by atoms with Gasteiger partial charge >= 0.3 is 0 Å². The average Bonchev–Trinajstić information content (AvgIpc) is 3.09. The number of fused-ring (bicyclic) bond motifs is 1. The maximum absolute atomic E-state index is 6.10. The lowest BCUT2D eigenvalue weighted by Gasteiger charge is -2.17. The zero-order valence-corrected chi connectivity index (χ0v) is 12.1. The number of hydrogen-bond acceptors (Lipinski definition) is 3. The second kappa shape index (κ2) is 5.94. The highest BCUT2D eigenvalue weighted by molar-refractivity contribution is 5.81. The Balaban J connectivity index is 1.77. The van der Waals surface area contributed by atoms with E-state index in [-0.39, 0.29) is 0 Å². The minimum atomic E-state index is 0.311. The van der Waals surface area contributed by atoms with Gasteiger partial charge in [0.1, 0.15) is 0 Å². The Labute approximate surface area is 119 Å². The summed E-state index contributed by atoms with van der Waals surface area (Å²) in [6.45, 7) is 4.32. The number of aromatic nitrogens is 2. The smallest absolute Gasteiger partial charge is 0.0960 e. The molecule has 3 rings (SSSR count). The molecular formula is C16H23N3O. The van der Waals surface area contributed by atoms with Crippen molar-refractivity contribution in [3.8, 4) is 0 Å². The first-order chi connectivity index (χ1) is 9.83. The van der Waals surface area contributed by atoms with Gasteiger partial charge in [0.05, 0.1) is 23.9 Å². The van der Waals surface area contributed by atoms with Crippen molar-refractivity contribution in [1.29, 1.82) is 0 Å². The molecule has 4 heteroatoms. The van der Waals surface area contributed by atoms with Crippen LogP contribution in [0.15, 0.2) is 24.3 Å². The number of aryl methyl sites for hydroxylation is 1. The Morgan fingerprint density at radius 3 is 3.00 bits per heavy atom. The number of nitrogens with zero attached hydrogens (tertiary/aromatic N) is 2. The van der Waals surface area contributed by atoms with Gasteiger partial charge in [-0.1, -0.05) is 24.6 Å². The average molecular weight is 273 g/mol. The number of benzene rings is 1. The van der Waals surface area contributed by atoms with Crippen molar-refractivity contribution in [2.24, 2.45) is 11.7 Å². The van der Waals surface area contributed by atoms with Crippen LogP contribution in [0, 0.1) is 5.92 Å². The number of nitrogens with two attached hydrogens (primary N) is 1. The van der Waals surface area contributed by atoms with Gasteiger partial charge in [-0.2, -0.15) is 5.10 Å². The maximum Gasteiger partial charge on any atom is 0.0960 e. The van der Waals surface area contributed by atoms with Crippen molar-refractivity contribution in [2.75, 3.05) is 6.54 Å². The molecule has 2 aromatic rings. The molecule has 1 aromatic heterocycles. The Morgan fingerprint density at radius 2 is 2.20 bits per heavy atom. The second-order valence-corrected chi connectivity index (χ2v) is 5.56. The fourth-order valence-electron chi connectivity index (χ4n) is 3.22. The van der Waals surface area contributed by atoms with Gasteiger partial charge in [-0.3, -0.25) is 4.68 Å². The molecule has 20 heavy (non-hydrogen) atoms. The van der Waals surface area contributed by atoms with Crippen LogP contribution in [0.1, 0.15) is 31.9 Å². The lowest BCUT2D eigenvalue weighted by molar-refractivity contribution is 0.0169. The fourth-order valence-corrected chi connectivity index (χ4v) is 3.22. The molecule has 1 aliphatic carbocycles. The highest BCUT2D eigenvalue weighted by Crippen LogP contribution is 2.29. The summed E-state index contributed by atoms with van der Waals surface area (Å²) in [5.41, 5.74) is 8.05.